The van der Waals surface area contributed by atoms with Crippen molar-refractivity contribution in [1.82, 2.24) is 14.8 Å². The van der Waals surface area contributed by atoms with Crippen LogP contribution in [0.3, 0.4) is 0 Å². The first-order valence-electron chi connectivity index (χ1n) is 9.74. The smallest absolute Gasteiger partial charge is 0.236 e. The van der Waals surface area contributed by atoms with Gasteiger partial charge in [-0.3, -0.25) is 14.7 Å². The first-order valence-corrected chi connectivity index (χ1v) is 9.74. The Morgan fingerprint density at radius 3 is 2.59 bits per heavy atom. The van der Waals surface area contributed by atoms with Crippen molar-refractivity contribution in [3.63, 3.8) is 0 Å². The number of amides is 1. The second-order valence-electron chi connectivity index (χ2n) is 7.74. The number of hydrogen-bond acceptors (Lipinski definition) is 4. The van der Waals surface area contributed by atoms with Crippen LogP contribution in [-0.4, -0.2) is 53.5 Å². The Bertz CT molecular complexity index is 749. The fraction of sp³-hybridized carbons (Fsp3) is 0.455. The molecule has 1 aliphatic carbocycles. The van der Waals surface area contributed by atoms with Crippen LogP contribution in [0.15, 0.2) is 54.9 Å². The zero-order valence-electron chi connectivity index (χ0n) is 15.8. The molecule has 2 aromatic rings. The van der Waals surface area contributed by atoms with Gasteiger partial charge >= 0.3 is 0 Å². The molecule has 0 unspecified atom stereocenters. The molecule has 2 heterocycles. The van der Waals surface area contributed by atoms with Crippen LogP contribution >= 0.6 is 0 Å². The Hall–Kier alpha value is -2.24. The molecule has 1 aromatic heterocycles. The Labute approximate surface area is 161 Å². The minimum absolute atomic E-state index is 0.0278. The second-order valence-corrected chi connectivity index (χ2v) is 7.74. The van der Waals surface area contributed by atoms with Crippen molar-refractivity contribution >= 4 is 5.91 Å². The van der Waals surface area contributed by atoms with Crippen LogP contribution in [0.4, 0.5) is 0 Å². The number of nitrogens with zero attached hydrogens (tertiary/aromatic N) is 3. The van der Waals surface area contributed by atoms with Crippen LogP contribution in [-0.2, 0) is 16.1 Å². The van der Waals surface area contributed by atoms with Crippen LogP contribution in [0.5, 0.6) is 0 Å². The zero-order chi connectivity index (χ0) is 18.6. The highest BCUT2D eigenvalue weighted by Gasteiger charge is 2.40. The summed E-state index contributed by atoms with van der Waals surface area (Å²) in [5.41, 5.74) is 2.33. The highest BCUT2D eigenvalue weighted by molar-refractivity contribution is 5.78. The molecule has 2 atom stereocenters. The lowest BCUT2D eigenvalue weighted by molar-refractivity contribution is -0.149. The number of aromatic nitrogens is 1. The molecule has 0 spiro atoms. The van der Waals surface area contributed by atoms with Crippen molar-refractivity contribution in [3.8, 4) is 0 Å². The van der Waals surface area contributed by atoms with Crippen molar-refractivity contribution in [2.75, 3.05) is 26.7 Å². The minimum atomic E-state index is -0.0278. The topological polar surface area (TPSA) is 45.7 Å². The van der Waals surface area contributed by atoms with E-state index in [4.69, 9.17) is 4.74 Å². The van der Waals surface area contributed by atoms with E-state index in [9.17, 15) is 4.79 Å². The molecule has 1 amide bonds. The van der Waals surface area contributed by atoms with Gasteiger partial charge in [-0.25, -0.2) is 0 Å². The fourth-order valence-electron chi connectivity index (χ4n) is 3.76. The largest absolute Gasteiger partial charge is 0.366 e. The van der Waals surface area contributed by atoms with Crippen LogP contribution in [0.25, 0.3) is 0 Å². The maximum absolute atomic E-state index is 13.0. The van der Waals surface area contributed by atoms with Gasteiger partial charge in [0.1, 0.15) is 6.10 Å². The Morgan fingerprint density at radius 2 is 1.89 bits per heavy atom. The number of carbonyl (C=O) groups is 1. The third-order valence-electron chi connectivity index (χ3n) is 5.40. The highest BCUT2D eigenvalue weighted by atomic mass is 16.5. The van der Waals surface area contributed by atoms with E-state index in [-0.39, 0.29) is 18.1 Å². The number of hydrogen-bond donors (Lipinski definition) is 0. The normalized spacial score (nSPS) is 22.8. The lowest BCUT2D eigenvalue weighted by atomic mass is 10.0. The number of benzene rings is 1. The van der Waals surface area contributed by atoms with Crippen LogP contribution < -0.4 is 0 Å². The van der Waals surface area contributed by atoms with Gasteiger partial charge in [-0.15, -0.1) is 0 Å². The third-order valence-corrected chi connectivity index (χ3v) is 5.40. The summed E-state index contributed by atoms with van der Waals surface area (Å²) in [5.74, 6) is 0.794. The fourth-order valence-corrected chi connectivity index (χ4v) is 3.76. The number of likely N-dealkylation sites (N-methyl/N-ethyl adjacent to an activating group) is 1. The summed E-state index contributed by atoms with van der Waals surface area (Å²) in [4.78, 5) is 21.1. The molecule has 2 fully saturated rings. The molecule has 0 radical (unpaired) electrons. The van der Waals surface area contributed by atoms with Gasteiger partial charge < -0.3 is 9.64 Å². The summed E-state index contributed by atoms with van der Waals surface area (Å²) in [6.07, 6.45) is 6.15. The van der Waals surface area contributed by atoms with E-state index in [0.29, 0.717) is 19.0 Å². The highest BCUT2D eigenvalue weighted by Crippen LogP contribution is 2.39. The molecule has 1 aromatic carbocycles. The summed E-state index contributed by atoms with van der Waals surface area (Å²) >= 11 is 0. The average Bonchev–Trinajstić information content (AvgIpc) is 3.54. The molecule has 2 aliphatic rings. The molecule has 1 saturated heterocycles. The molecule has 0 N–H and O–H groups in total. The number of pyridine rings is 1. The van der Waals surface area contributed by atoms with E-state index in [1.165, 1.54) is 18.4 Å². The van der Waals surface area contributed by atoms with E-state index >= 15 is 0 Å². The van der Waals surface area contributed by atoms with Gasteiger partial charge in [-0.2, -0.15) is 0 Å². The Kier molecular flexibility index (Phi) is 5.50. The summed E-state index contributed by atoms with van der Waals surface area (Å²) < 4.78 is 6.36. The van der Waals surface area contributed by atoms with Gasteiger partial charge in [0, 0.05) is 25.5 Å². The minimum Gasteiger partial charge on any atom is -0.366 e. The quantitative estimate of drug-likeness (QED) is 0.790. The van der Waals surface area contributed by atoms with Gasteiger partial charge in [0.15, 0.2) is 0 Å². The van der Waals surface area contributed by atoms with E-state index in [1.807, 2.05) is 42.3 Å². The molecule has 5 nitrogen and oxygen atoms in total. The molecule has 27 heavy (non-hydrogen) atoms. The summed E-state index contributed by atoms with van der Waals surface area (Å²) in [5, 5.41) is 0. The second kappa shape index (κ2) is 8.19. The van der Waals surface area contributed by atoms with Crippen LogP contribution in [0.2, 0.25) is 0 Å². The van der Waals surface area contributed by atoms with Crippen LogP contribution in [0.1, 0.15) is 30.1 Å². The summed E-state index contributed by atoms with van der Waals surface area (Å²) in [6, 6.07) is 14.3. The van der Waals surface area contributed by atoms with Gasteiger partial charge in [-0.05, 0) is 49.1 Å². The van der Waals surface area contributed by atoms with E-state index in [2.05, 4.69) is 22.0 Å². The lowest BCUT2D eigenvalue weighted by Crippen LogP contribution is -2.50. The predicted octanol–water partition coefficient (Wildman–Crippen LogP) is 2.89. The van der Waals surface area contributed by atoms with Crippen molar-refractivity contribution in [2.45, 2.75) is 31.6 Å². The monoisotopic (exact) mass is 365 g/mol. The average molecular weight is 365 g/mol. The number of morpholine rings is 1. The molecule has 5 heteroatoms. The molecular weight excluding hydrogens is 338 g/mol. The Morgan fingerprint density at radius 1 is 1.15 bits per heavy atom. The number of ether oxygens (including phenoxy) is 1. The van der Waals surface area contributed by atoms with E-state index < -0.39 is 0 Å². The standard InChI is InChI=1S/C22H27N3O2/c1-24(13-17-9-11-23-12-10-17)16-22(26)25-14-20(18-5-3-2-4-6-18)27-21(15-25)19-7-8-19/h2-6,9-12,19-21H,7-8,13-16H2,1H3/t20-,21+/m0/s1. The number of rotatable bonds is 6. The van der Waals surface area contributed by atoms with E-state index in [1.54, 1.807) is 12.4 Å². The SMILES string of the molecule is CN(CC(=O)N1C[C@@H](c2ccccc2)O[C@@H](C2CC2)C1)Cc1ccncc1. The van der Waals surface area contributed by atoms with Crippen molar-refractivity contribution in [1.29, 1.82) is 0 Å². The lowest BCUT2D eigenvalue weighted by Gasteiger charge is -2.39. The number of carbonyl (C=O) groups excluding carboxylic acids is 1. The maximum Gasteiger partial charge on any atom is 0.236 e. The summed E-state index contributed by atoms with van der Waals surface area (Å²) in [7, 11) is 1.99. The molecule has 4 rings (SSSR count). The maximum atomic E-state index is 13.0. The van der Waals surface area contributed by atoms with Crippen molar-refractivity contribution < 1.29 is 9.53 Å². The van der Waals surface area contributed by atoms with E-state index in [0.717, 1.165) is 18.7 Å². The predicted molar refractivity (Wildman–Crippen MR) is 104 cm³/mol. The molecule has 0 bridgehead atoms. The van der Waals surface area contributed by atoms with Gasteiger partial charge in [-0.1, -0.05) is 30.3 Å². The third kappa shape index (κ3) is 4.73. The van der Waals surface area contributed by atoms with Crippen molar-refractivity contribution in [2.24, 2.45) is 5.92 Å². The zero-order valence-corrected chi connectivity index (χ0v) is 15.8. The Balaban J connectivity index is 1.40. The summed E-state index contributed by atoms with van der Waals surface area (Å²) in [6.45, 7) is 2.51. The van der Waals surface area contributed by atoms with Gasteiger partial charge in [0.25, 0.3) is 0 Å². The molecular formula is C22H27N3O2. The molecule has 142 valence electrons. The first-order chi connectivity index (χ1) is 13.2. The molecule has 1 aliphatic heterocycles. The first kappa shape index (κ1) is 18.1. The van der Waals surface area contributed by atoms with Gasteiger partial charge in [0.05, 0.1) is 19.2 Å². The van der Waals surface area contributed by atoms with Crippen LogP contribution in [0, 0.1) is 5.92 Å². The molecule has 1 saturated carbocycles. The van der Waals surface area contributed by atoms with Gasteiger partial charge in [0.2, 0.25) is 5.91 Å². The van der Waals surface area contributed by atoms with Crippen molar-refractivity contribution in [3.05, 3.63) is 66.0 Å².